The highest BCUT2D eigenvalue weighted by atomic mass is 19.4. The van der Waals surface area contributed by atoms with Crippen molar-refractivity contribution in [3.05, 3.63) is 59.7 Å². The summed E-state index contributed by atoms with van der Waals surface area (Å²) in [6.07, 6.45) is -3.49. The van der Waals surface area contributed by atoms with Crippen LogP contribution in [0.2, 0.25) is 0 Å². The smallest absolute Gasteiger partial charge is 0.312 e. The Morgan fingerprint density at radius 1 is 1.17 bits per heavy atom. The van der Waals surface area contributed by atoms with Gasteiger partial charge >= 0.3 is 12.2 Å². The number of ketones is 1. The van der Waals surface area contributed by atoms with E-state index in [0.717, 1.165) is 12.3 Å². The molecule has 0 unspecified atom stereocenters. The number of halogens is 4. The van der Waals surface area contributed by atoms with Crippen LogP contribution < -0.4 is 4.90 Å². The van der Waals surface area contributed by atoms with E-state index in [1.54, 1.807) is 0 Å². The number of urea groups is 1. The highest BCUT2D eigenvalue weighted by molar-refractivity contribution is 5.97. The number of amides is 2. The molecule has 2 amide bonds. The van der Waals surface area contributed by atoms with Crippen molar-refractivity contribution < 1.29 is 27.2 Å². The van der Waals surface area contributed by atoms with Crippen LogP contribution in [0.5, 0.6) is 0 Å². The molecule has 1 saturated heterocycles. The summed E-state index contributed by atoms with van der Waals surface area (Å²) in [5.74, 6) is -0.588. The first-order chi connectivity index (χ1) is 14.1. The van der Waals surface area contributed by atoms with Crippen molar-refractivity contribution in [1.29, 1.82) is 0 Å². The van der Waals surface area contributed by atoms with Gasteiger partial charge in [-0.3, -0.25) is 9.69 Å². The zero-order chi connectivity index (χ0) is 22.1. The minimum absolute atomic E-state index is 0.0278. The average molecular weight is 423 g/mol. The first kappa shape index (κ1) is 21.7. The summed E-state index contributed by atoms with van der Waals surface area (Å²) in [4.78, 5) is 31.6. The first-order valence-corrected chi connectivity index (χ1v) is 9.44. The van der Waals surface area contributed by atoms with E-state index < -0.39 is 23.7 Å². The quantitative estimate of drug-likeness (QED) is 0.651. The molecule has 0 bridgehead atoms. The number of aromatic nitrogens is 1. The molecule has 0 saturated carbocycles. The number of benzene rings is 1. The van der Waals surface area contributed by atoms with Crippen LogP contribution in [0, 0.1) is 11.7 Å². The van der Waals surface area contributed by atoms with Gasteiger partial charge in [-0.1, -0.05) is 26.0 Å². The zero-order valence-corrected chi connectivity index (χ0v) is 16.5. The summed E-state index contributed by atoms with van der Waals surface area (Å²) >= 11 is 0. The summed E-state index contributed by atoms with van der Waals surface area (Å²) < 4.78 is 51.2. The molecule has 1 aliphatic heterocycles. The van der Waals surface area contributed by atoms with E-state index >= 15 is 0 Å². The van der Waals surface area contributed by atoms with Crippen molar-refractivity contribution in [1.82, 2.24) is 9.88 Å². The highest BCUT2D eigenvalue weighted by Gasteiger charge is 2.41. The van der Waals surface area contributed by atoms with Crippen molar-refractivity contribution in [3.8, 4) is 0 Å². The minimum Gasteiger partial charge on any atom is -0.312 e. The van der Waals surface area contributed by atoms with Crippen molar-refractivity contribution in [2.45, 2.75) is 32.5 Å². The molecular weight excluding hydrogens is 402 g/mol. The maximum Gasteiger partial charge on any atom is 0.433 e. The Morgan fingerprint density at radius 3 is 2.37 bits per heavy atom. The van der Waals surface area contributed by atoms with Gasteiger partial charge in [-0.15, -0.1) is 0 Å². The number of alkyl halides is 3. The van der Waals surface area contributed by atoms with E-state index in [1.807, 2.05) is 13.8 Å². The summed E-state index contributed by atoms with van der Waals surface area (Å²) in [5, 5.41) is 0. The van der Waals surface area contributed by atoms with E-state index in [0.29, 0.717) is 5.56 Å². The molecule has 5 nitrogen and oxygen atoms in total. The minimum atomic E-state index is -4.56. The molecule has 30 heavy (non-hydrogen) atoms. The van der Waals surface area contributed by atoms with E-state index in [2.05, 4.69) is 4.98 Å². The first-order valence-electron chi connectivity index (χ1n) is 9.44. The lowest BCUT2D eigenvalue weighted by molar-refractivity contribution is -0.141. The average Bonchev–Trinajstić information content (AvgIpc) is 3.00. The molecular formula is C21H21F4N3O2. The van der Waals surface area contributed by atoms with E-state index in [1.165, 1.54) is 40.1 Å². The largest absolute Gasteiger partial charge is 0.433 e. The molecule has 2 heterocycles. The van der Waals surface area contributed by atoms with Gasteiger partial charge in [0.25, 0.3) is 0 Å². The second kappa shape index (κ2) is 8.41. The number of carbonyl (C=O) groups excluding carboxylic acids is 2. The van der Waals surface area contributed by atoms with Crippen LogP contribution in [-0.4, -0.2) is 40.8 Å². The van der Waals surface area contributed by atoms with Crippen LogP contribution in [-0.2, 0) is 17.4 Å². The Morgan fingerprint density at radius 2 is 1.83 bits per heavy atom. The van der Waals surface area contributed by atoms with Crippen LogP contribution in [0.25, 0.3) is 0 Å². The van der Waals surface area contributed by atoms with Crippen molar-refractivity contribution in [2.75, 3.05) is 18.0 Å². The summed E-state index contributed by atoms with van der Waals surface area (Å²) in [6, 6.07) is 6.85. The third kappa shape index (κ3) is 4.77. The molecule has 1 aromatic heterocycles. The lowest BCUT2D eigenvalue weighted by atomic mass is 10.0. The SMILES string of the molecule is CC(C)[C@H]1CN(c2ccc(C(F)(F)F)nc2)C(=O)N1CC(=O)Cc1ccc(F)cc1. The standard InChI is InChI=1S/C21H21F4N3O2/c1-13(2)18-12-27(16-7-8-19(26-10-16)21(23,24)25)20(30)28(18)11-17(29)9-14-3-5-15(22)6-4-14/h3-8,10,13,18H,9,11-12H2,1-2H3/t18-/m1/s1. The fourth-order valence-electron chi connectivity index (χ4n) is 3.42. The molecule has 0 radical (unpaired) electrons. The third-order valence-corrected chi connectivity index (χ3v) is 5.03. The summed E-state index contributed by atoms with van der Waals surface area (Å²) in [7, 11) is 0. The molecule has 2 aromatic rings. The van der Waals surface area contributed by atoms with Crippen LogP contribution >= 0.6 is 0 Å². The van der Waals surface area contributed by atoms with Gasteiger partial charge in [0.2, 0.25) is 0 Å². The van der Waals surface area contributed by atoms with Crippen LogP contribution in [0.3, 0.4) is 0 Å². The Labute approximate surface area is 171 Å². The highest BCUT2D eigenvalue weighted by Crippen LogP contribution is 2.31. The maximum absolute atomic E-state index is 13.0. The predicted molar refractivity (Wildman–Crippen MR) is 102 cm³/mol. The Balaban J connectivity index is 1.74. The van der Waals surface area contributed by atoms with Gasteiger partial charge in [0.05, 0.1) is 24.5 Å². The maximum atomic E-state index is 13.0. The summed E-state index contributed by atoms with van der Waals surface area (Å²) in [6.45, 7) is 3.92. The predicted octanol–water partition coefficient (Wildman–Crippen LogP) is 4.32. The molecule has 1 aromatic carbocycles. The molecule has 0 N–H and O–H groups in total. The number of nitrogens with zero attached hydrogens (tertiary/aromatic N) is 3. The second-order valence-electron chi connectivity index (χ2n) is 7.57. The molecule has 0 spiro atoms. The Kier molecular flexibility index (Phi) is 6.09. The van der Waals surface area contributed by atoms with Gasteiger partial charge in [0, 0.05) is 13.0 Å². The van der Waals surface area contributed by atoms with Crippen molar-refractivity contribution in [3.63, 3.8) is 0 Å². The molecule has 1 fully saturated rings. The van der Waals surface area contributed by atoms with Gasteiger partial charge in [0.1, 0.15) is 11.5 Å². The number of anilines is 1. The number of carbonyl (C=O) groups is 2. The Hall–Kier alpha value is -2.97. The van der Waals surface area contributed by atoms with Crippen molar-refractivity contribution >= 4 is 17.5 Å². The monoisotopic (exact) mass is 423 g/mol. The number of Topliss-reactive ketones (excluding diaryl/α,β-unsaturated/α-hetero) is 1. The number of hydrogen-bond donors (Lipinski definition) is 0. The van der Waals surface area contributed by atoms with Crippen LogP contribution in [0.15, 0.2) is 42.6 Å². The normalized spacial score (nSPS) is 17.2. The van der Waals surface area contributed by atoms with Gasteiger partial charge in [-0.2, -0.15) is 13.2 Å². The van der Waals surface area contributed by atoms with E-state index in [9.17, 15) is 27.2 Å². The topological polar surface area (TPSA) is 53.5 Å². The third-order valence-electron chi connectivity index (χ3n) is 5.03. The van der Waals surface area contributed by atoms with Gasteiger partial charge in [-0.25, -0.2) is 14.2 Å². The van der Waals surface area contributed by atoms with E-state index in [-0.39, 0.29) is 42.9 Å². The van der Waals surface area contributed by atoms with Gasteiger partial charge in [-0.05, 0) is 35.7 Å². The Bertz CT molecular complexity index is 911. The number of hydrogen-bond acceptors (Lipinski definition) is 3. The summed E-state index contributed by atoms with van der Waals surface area (Å²) in [5.41, 5.74) is -0.158. The van der Waals surface area contributed by atoms with Crippen LogP contribution in [0.4, 0.5) is 28.0 Å². The lowest BCUT2D eigenvalue weighted by Gasteiger charge is -2.25. The zero-order valence-electron chi connectivity index (χ0n) is 16.5. The molecule has 3 rings (SSSR count). The van der Waals surface area contributed by atoms with E-state index in [4.69, 9.17) is 0 Å². The molecule has 1 atom stereocenters. The number of pyridine rings is 1. The van der Waals surface area contributed by atoms with Crippen molar-refractivity contribution in [2.24, 2.45) is 5.92 Å². The lowest BCUT2D eigenvalue weighted by Crippen LogP contribution is -2.41. The molecule has 0 aliphatic carbocycles. The molecule has 1 aliphatic rings. The van der Waals surface area contributed by atoms with Crippen LogP contribution in [0.1, 0.15) is 25.1 Å². The second-order valence-corrected chi connectivity index (χ2v) is 7.57. The number of rotatable bonds is 6. The van der Waals surface area contributed by atoms with Gasteiger partial charge < -0.3 is 4.90 Å². The fraction of sp³-hybridized carbons (Fsp3) is 0.381. The fourth-order valence-corrected chi connectivity index (χ4v) is 3.42. The molecule has 9 heteroatoms. The molecule has 160 valence electrons. The van der Waals surface area contributed by atoms with Gasteiger partial charge in [0.15, 0.2) is 5.78 Å².